The Morgan fingerprint density at radius 2 is 2.24 bits per heavy atom. The highest BCUT2D eigenvalue weighted by Gasteiger charge is 2.20. The molecule has 4 nitrogen and oxygen atoms in total. The van der Waals surface area contributed by atoms with Crippen molar-refractivity contribution in [3.63, 3.8) is 0 Å². The molecule has 0 unspecified atom stereocenters. The summed E-state index contributed by atoms with van der Waals surface area (Å²) in [4.78, 5) is 2.23. The molecule has 1 aliphatic rings. The van der Waals surface area contributed by atoms with Crippen molar-refractivity contribution in [1.29, 1.82) is 0 Å². The second-order valence-electron chi connectivity index (χ2n) is 5.15. The number of nitrogens with zero attached hydrogens (tertiary/aromatic N) is 1. The molecule has 1 heterocycles. The fourth-order valence-corrected chi connectivity index (χ4v) is 2.57. The van der Waals surface area contributed by atoms with Gasteiger partial charge in [-0.3, -0.25) is 4.90 Å². The summed E-state index contributed by atoms with van der Waals surface area (Å²) >= 11 is 0. The van der Waals surface area contributed by atoms with Gasteiger partial charge >= 0.3 is 6.61 Å². The van der Waals surface area contributed by atoms with Gasteiger partial charge in [0.2, 0.25) is 0 Å². The predicted octanol–water partition coefficient (Wildman–Crippen LogP) is 2.48. The average Bonchev–Trinajstić information content (AvgIpc) is 2.42. The van der Waals surface area contributed by atoms with E-state index in [1.165, 1.54) is 0 Å². The van der Waals surface area contributed by atoms with Crippen LogP contribution in [-0.2, 0) is 6.54 Å². The number of alkyl halides is 2. The lowest BCUT2D eigenvalue weighted by atomic mass is 10.1. The first-order valence-electron chi connectivity index (χ1n) is 7.25. The van der Waals surface area contributed by atoms with Gasteiger partial charge in [-0.1, -0.05) is 12.1 Å². The zero-order valence-corrected chi connectivity index (χ0v) is 12.4. The molecule has 1 saturated heterocycles. The monoisotopic (exact) mass is 300 g/mol. The summed E-state index contributed by atoms with van der Waals surface area (Å²) < 4.78 is 35.4. The highest BCUT2D eigenvalue weighted by atomic mass is 19.3. The van der Waals surface area contributed by atoms with E-state index in [2.05, 4.69) is 17.1 Å². The standard InChI is InChI=1S/C15H22F2N2O2/c1-3-20-13-6-4-5-12(14(13)21-15(16)17)10-19-8-7-18-11(2)9-19/h4-6,11,15,18H,3,7-10H2,1-2H3/t11-/m0/s1. The van der Waals surface area contributed by atoms with Crippen LogP contribution in [0.15, 0.2) is 18.2 Å². The van der Waals surface area contributed by atoms with Crippen LogP contribution in [0.4, 0.5) is 8.78 Å². The molecule has 21 heavy (non-hydrogen) atoms. The molecule has 1 aliphatic heterocycles. The third kappa shape index (κ3) is 4.54. The van der Waals surface area contributed by atoms with Gasteiger partial charge in [-0.25, -0.2) is 0 Å². The summed E-state index contributed by atoms with van der Waals surface area (Å²) in [5.74, 6) is 0.527. The lowest BCUT2D eigenvalue weighted by Gasteiger charge is -2.32. The van der Waals surface area contributed by atoms with E-state index in [-0.39, 0.29) is 5.75 Å². The fourth-order valence-electron chi connectivity index (χ4n) is 2.57. The largest absolute Gasteiger partial charge is 0.490 e. The van der Waals surface area contributed by atoms with E-state index in [4.69, 9.17) is 9.47 Å². The van der Waals surface area contributed by atoms with Crippen LogP contribution in [-0.4, -0.2) is 43.8 Å². The Hall–Kier alpha value is -1.40. The molecule has 0 radical (unpaired) electrons. The third-order valence-corrected chi connectivity index (χ3v) is 3.41. The third-order valence-electron chi connectivity index (χ3n) is 3.41. The number of hydrogen-bond donors (Lipinski definition) is 1. The molecule has 0 aromatic heterocycles. The molecular weight excluding hydrogens is 278 g/mol. The molecule has 1 aromatic carbocycles. The Labute approximate surface area is 124 Å². The van der Waals surface area contributed by atoms with Crippen molar-refractivity contribution in [1.82, 2.24) is 10.2 Å². The summed E-state index contributed by atoms with van der Waals surface area (Å²) in [6, 6.07) is 5.68. The quantitative estimate of drug-likeness (QED) is 0.875. The molecule has 1 aromatic rings. The summed E-state index contributed by atoms with van der Waals surface area (Å²) in [7, 11) is 0. The van der Waals surface area contributed by atoms with Gasteiger partial charge in [-0.15, -0.1) is 0 Å². The summed E-state index contributed by atoms with van der Waals surface area (Å²) in [6.45, 7) is 4.73. The fraction of sp³-hybridized carbons (Fsp3) is 0.600. The minimum atomic E-state index is -2.85. The van der Waals surface area contributed by atoms with Crippen LogP contribution in [0.5, 0.6) is 11.5 Å². The van der Waals surface area contributed by atoms with E-state index >= 15 is 0 Å². The smallest absolute Gasteiger partial charge is 0.387 e. The summed E-state index contributed by atoms with van der Waals surface area (Å²) in [5.41, 5.74) is 0.732. The lowest BCUT2D eigenvalue weighted by molar-refractivity contribution is -0.0524. The minimum absolute atomic E-state index is 0.153. The molecule has 0 amide bonds. The molecule has 118 valence electrons. The van der Waals surface area contributed by atoms with Crippen molar-refractivity contribution in [3.05, 3.63) is 23.8 Å². The maximum atomic E-state index is 12.7. The van der Waals surface area contributed by atoms with Crippen LogP contribution in [0.1, 0.15) is 19.4 Å². The molecule has 0 spiro atoms. The maximum absolute atomic E-state index is 12.7. The number of hydrogen-bond acceptors (Lipinski definition) is 4. The van der Waals surface area contributed by atoms with Crippen molar-refractivity contribution >= 4 is 0 Å². The molecule has 1 atom stereocenters. The van der Waals surface area contributed by atoms with Gasteiger partial charge in [0.15, 0.2) is 11.5 Å². The number of para-hydroxylation sites is 1. The average molecular weight is 300 g/mol. The Morgan fingerprint density at radius 1 is 1.43 bits per heavy atom. The Morgan fingerprint density at radius 3 is 2.90 bits per heavy atom. The normalized spacial score (nSPS) is 19.8. The Balaban J connectivity index is 2.18. The molecule has 0 bridgehead atoms. The van der Waals surface area contributed by atoms with Gasteiger partial charge in [0.1, 0.15) is 0 Å². The van der Waals surface area contributed by atoms with E-state index in [0.717, 1.165) is 25.2 Å². The van der Waals surface area contributed by atoms with Gasteiger partial charge in [0.25, 0.3) is 0 Å². The first kappa shape index (κ1) is 16.0. The maximum Gasteiger partial charge on any atom is 0.387 e. The Bertz CT molecular complexity index is 457. The number of nitrogens with one attached hydrogen (secondary N) is 1. The van der Waals surface area contributed by atoms with E-state index < -0.39 is 6.61 Å². The van der Waals surface area contributed by atoms with Crippen molar-refractivity contribution in [2.75, 3.05) is 26.2 Å². The number of halogens is 2. The van der Waals surface area contributed by atoms with Crippen LogP contribution in [0, 0.1) is 0 Å². The zero-order valence-electron chi connectivity index (χ0n) is 12.4. The van der Waals surface area contributed by atoms with Gasteiger partial charge in [0, 0.05) is 37.8 Å². The van der Waals surface area contributed by atoms with Crippen LogP contribution in [0.2, 0.25) is 0 Å². The molecule has 1 fully saturated rings. The molecule has 6 heteroatoms. The predicted molar refractivity (Wildman–Crippen MR) is 77.0 cm³/mol. The highest BCUT2D eigenvalue weighted by molar-refractivity contribution is 5.46. The number of ether oxygens (including phenoxy) is 2. The number of piperazine rings is 1. The van der Waals surface area contributed by atoms with Crippen molar-refractivity contribution in [3.8, 4) is 11.5 Å². The topological polar surface area (TPSA) is 33.7 Å². The van der Waals surface area contributed by atoms with Crippen molar-refractivity contribution in [2.45, 2.75) is 33.0 Å². The molecule has 0 aliphatic carbocycles. The van der Waals surface area contributed by atoms with Gasteiger partial charge in [0.05, 0.1) is 6.61 Å². The number of benzene rings is 1. The van der Waals surface area contributed by atoms with Gasteiger partial charge < -0.3 is 14.8 Å². The highest BCUT2D eigenvalue weighted by Crippen LogP contribution is 2.33. The Kier molecular flexibility index (Phi) is 5.76. The second kappa shape index (κ2) is 7.56. The van der Waals surface area contributed by atoms with Crippen LogP contribution in [0.25, 0.3) is 0 Å². The minimum Gasteiger partial charge on any atom is -0.490 e. The zero-order chi connectivity index (χ0) is 15.2. The van der Waals surface area contributed by atoms with E-state index in [0.29, 0.717) is 24.9 Å². The summed E-state index contributed by atoms with van der Waals surface area (Å²) in [6.07, 6.45) is 0. The van der Waals surface area contributed by atoms with Crippen LogP contribution in [0.3, 0.4) is 0 Å². The second-order valence-corrected chi connectivity index (χ2v) is 5.15. The summed E-state index contributed by atoms with van der Waals surface area (Å²) in [5, 5.41) is 3.36. The lowest BCUT2D eigenvalue weighted by Crippen LogP contribution is -2.48. The first-order chi connectivity index (χ1) is 10.1. The van der Waals surface area contributed by atoms with E-state index in [1.54, 1.807) is 6.07 Å². The van der Waals surface area contributed by atoms with Crippen molar-refractivity contribution < 1.29 is 18.3 Å². The van der Waals surface area contributed by atoms with Gasteiger partial charge in [-0.2, -0.15) is 8.78 Å². The molecule has 1 N–H and O–H groups in total. The van der Waals surface area contributed by atoms with E-state index in [9.17, 15) is 8.78 Å². The van der Waals surface area contributed by atoms with Crippen LogP contribution >= 0.6 is 0 Å². The first-order valence-corrected chi connectivity index (χ1v) is 7.25. The van der Waals surface area contributed by atoms with Crippen LogP contribution < -0.4 is 14.8 Å². The van der Waals surface area contributed by atoms with Crippen molar-refractivity contribution in [2.24, 2.45) is 0 Å². The number of rotatable bonds is 6. The SMILES string of the molecule is CCOc1cccc(CN2CCN[C@@H](C)C2)c1OC(F)F. The molecule has 2 rings (SSSR count). The van der Waals surface area contributed by atoms with E-state index in [1.807, 2.05) is 19.1 Å². The molecular formula is C15H22F2N2O2. The molecule has 0 saturated carbocycles. The van der Waals surface area contributed by atoms with Gasteiger partial charge in [-0.05, 0) is 19.9 Å².